The minimum atomic E-state index is -0.0290. The van der Waals surface area contributed by atoms with Crippen LogP contribution in [0.3, 0.4) is 0 Å². The summed E-state index contributed by atoms with van der Waals surface area (Å²) in [5.41, 5.74) is 3.79. The van der Waals surface area contributed by atoms with Crippen molar-refractivity contribution in [3.8, 4) is 0 Å². The Morgan fingerprint density at radius 2 is 1.78 bits per heavy atom. The van der Waals surface area contributed by atoms with Crippen LogP contribution in [0.2, 0.25) is 0 Å². The molecule has 3 atom stereocenters. The van der Waals surface area contributed by atoms with Gasteiger partial charge in [0.2, 0.25) is 5.91 Å². The minimum absolute atomic E-state index is 0.0290. The van der Waals surface area contributed by atoms with E-state index >= 15 is 0 Å². The number of aryl methyl sites for hydroxylation is 2. The number of unbranched alkanes of at least 4 members (excludes halogenated alkanes) is 1. The number of benzene rings is 1. The topological polar surface area (TPSA) is 76.7 Å². The number of hydrogen-bond acceptors (Lipinski definition) is 4. The Morgan fingerprint density at radius 3 is 2.50 bits per heavy atom. The molecular weight excluding hydrogens is 490 g/mol. The average molecular weight is 530 g/mol. The van der Waals surface area contributed by atoms with Gasteiger partial charge in [-0.05, 0) is 86.8 Å². The summed E-state index contributed by atoms with van der Waals surface area (Å²) in [6, 6.07) is 6.95. The molecule has 0 radical (unpaired) electrons. The van der Waals surface area contributed by atoms with Gasteiger partial charge in [-0.1, -0.05) is 12.5 Å². The number of likely N-dealkylation sites (tertiary alicyclic amines) is 2. The number of nitrogens with zero attached hydrogens (tertiary/aromatic N) is 2. The summed E-state index contributed by atoms with van der Waals surface area (Å²) < 4.78 is 0. The highest BCUT2D eigenvalue weighted by atomic mass is 32.2. The zero-order valence-corrected chi connectivity index (χ0v) is 23.1. The summed E-state index contributed by atoms with van der Waals surface area (Å²) >= 11 is 7.67. The molecule has 4 fully saturated rings. The van der Waals surface area contributed by atoms with Crippen molar-refractivity contribution in [1.82, 2.24) is 20.4 Å². The second kappa shape index (κ2) is 10.8. The number of nitrogens with one attached hydrogen (secondary N) is 3. The number of fused-ring (bicyclic) bond motifs is 1. The fraction of sp³-hybridized carbons (Fsp3) is 0.667. The van der Waals surface area contributed by atoms with Gasteiger partial charge in [0.25, 0.3) is 0 Å². The molecule has 3 amide bonds. The fourth-order valence-electron chi connectivity index (χ4n) is 6.41. The molecule has 4 heterocycles. The van der Waals surface area contributed by atoms with Crippen LogP contribution in [0, 0.1) is 19.3 Å². The summed E-state index contributed by atoms with van der Waals surface area (Å²) in [4.78, 5) is 28.9. The molecule has 1 spiro atoms. The van der Waals surface area contributed by atoms with Crippen LogP contribution in [-0.4, -0.2) is 76.1 Å². The molecule has 4 aliphatic heterocycles. The molecule has 4 aliphatic rings. The monoisotopic (exact) mass is 529 g/mol. The van der Waals surface area contributed by atoms with E-state index < -0.39 is 0 Å². The van der Waals surface area contributed by atoms with Gasteiger partial charge < -0.3 is 25.8 Å². The molecule has 3 N–H and O–H groups in total. The van der Waals surface area contributed by atoms with E-state index in [1.807, 2.05) is 11.8 Å². The first-order valence-electron chi connectivity index (χ1n) is 13.4. The first-order valence-corrected chi connectivity index (χ1v) is 14.9. The highest BCUT2D eigenvalue weighted by molar-refractivity contribution is 8.00. The predicted molar refractivity (Wildman–Crippen MR) is 151 cm³/mol. The van der Waals surface area contributed by atoms with Crippen molar-refractivity contribution in [2.24, 2.45) is 5.41 Å². The number of piperidine rings is 1. The molecule has 0 aliphatic carbocycles. The van der Waals surface area contributed by atoms with Crippen LogP contribution < -0.4 is 16.0 Å². The molecule has 0 saturated carbocycles. The standard InChI is InChI=1S/C27H39N5O2S2/c1-18-13-19(2)15-20(14-18)28-26(35)31-10-7-27(8-11-31)9-12-32(17-27)23(33)6-4-3-5-22-24-21(16-36-22)29-25(34)30-24/h13-15,21-22,24H,3-12,16-17H2,1-2H3,(H,28,35)(H2,29,30,34)/t21-,22-,24-/m0/s1. The lowest BCUT2D eigenvalue weighted by Crippen LogP contribution is -2.46. The fourth-order valence-corrected chi connectivity index (χ4v) is 8.26. The Morgan fingerprint density at radius 1 is 1.08 bits per heavy atom. The van der Waals surface area contributed by atoms with Gasteiger partial charge in [0.15, 0.2) is 5.11 Å². The molecule has 1 aromatic carbocycles. The van der Waals surface area contributed by atoms with Crippen LogP contribution in [0.1, 0.15) is 56.1 Å². The quantitative estimate of drug-likeness (QED) is 0.293. The zero-order chi connectivity index (χ0) is 25.3. The molecule has 0 aromatic heterocycles. The van der Waals surface area contributed by atoms with E-state index in [1.54, 1.807) is 0 Å². The number of urea groups is 1. The Labute approximate surface area is 224 Å². The van der Waals surface area contributed by atoms with Crippen molar-refractivity contribution in [2.45, 2.75) is 76.1 Å². The third-order valence-corrected chi connectivity index (χ3v) is 10.3. The van der Waals surface area contributed by atoms with Crippen LogP contribution in [0.15, 0.2) is 18.2 Å². The largest absolute Gasteiger partial charge is 0.349 e. The molecule has 1 aromatic rings. The first-order chi connectivity index (χ1) is 17.3. The number of carbonyl (C=O) groups is 2. The number of hydrogen-bond donors (Lipinski definition) is 3. The van der Waals surface area contributed by atoms with Crippen molar-refractivity contribution >= 4 is 46.7 Å². The van der Waals surface area contributed by atoms with Gasteiger partial charge in [-0.25, -0.2) is 4.79 Å². The van der Waals surface area contributed by atoms with Gasteiger partial charge in [-0.2, -0.15) is 11.8 Å². The molecule has 196 valence electrons. The highest BCUT2D eigenvalue weighted by Crippen LogP contribution is 2.41. The third kappa shape index (κ3) is 5.77. The number of anilines is 1. The Hall–Kier alpha value is -2.00. The maximum Gasteiger partial charge on any atom is 0.315 e. The van der Waals surface area contributed by atoms with E-state index in [2.05, 4.69) is 57.8 Å². The summed E-state index contributed by atoms with van der Waals surface area (Å²) in [6.07, 6.45) is 6.97. The van der Waals surface area contributed by atoms with Crippen LogP contribution in [0.4, 0.5) is 10.5 Å². The molecule has 5 rings (SSSR count). The molecule has 7 nitrogen and oxygen atoms in total. The second-order valence-corrected chi connectivity index (χ2v) is 12.9. The number of thioether (sulfide) groups is 1. The van der Waals surface area contributed by atoms with Crippen molar-refractivity contribution in [1.29, 1.82) is 0 Å². The minimum Gasteiger partial charge on any atom is -0.349 e. The Kier molecular flexibility index (Phi) is 7.67. The Balaban J connectivity index is 1.02. The van der Waals surface area contributed by atoms with E-state index in [1.165, 1.54) is 11.1 Å². The van der Waals surface area contributed by atoms with Crippen LogP contribution in [0.5, 0.6) is 0 Å². The maximum atomic E-state index is 12.9. The predicted octanol–water partition coefficient (Wildman–Crippen LogP) is 4.04. The normalized spacial score (nSPS) is 26.6. The molecule has 4 saturated heterocycles. The average Bonchev–Trinajstić information content (AvgIpc) is 3.51. The smallest absolute Gasteiger partial charge is 0.315 e. The van der Waals surface area contributed by atoms with Crippen molar-refractivity contribution < 1.29 is 9.59 Å². The second-order valence-electron chi connectivity index (χ2n) is 11.2. The van der Waals surface area contributed by atoms with Crippen molar-refractivity contribution in [3.63, 3.8) is 0 Å². The van der Waals surface area contributed by atoms with Gasteiger partial charge in [-0.3, -0.25) is 4.79 Å². The van der Waals surface area contributed by atoms with Gasteiger partial charge in [-0.15, -0.1) is 0 Å². The molecule has 0 bridgehead atoms. The van der Waals surface area contributed by atoms with E-state index in [0.717, 1.165) is 81.3 Å². The summed E-state index contributed by atoms with van der Waals surface area (Å²) in [5.74, 6) is 1.31. The summed E-state index contributed by atoms with van der Waals surface area (Å²) in [5, 5.41) is 10.8. The molecule has 0 unspecified atom stereocenters. The molecule has 9 heteroatoms. The summed E-state index contributed by atoms with van der Waals surface area (Å²) in [7, 11) is 0. The van der Waals surface area contributed by atoms with E-state index in [-0.39, 0.29) is 23.5 Å². The van der Waals surface area contributed by atoms with Crippen LogP contribution in [-0.2, 0) is 4.79 Å². The first kappa shape index (κ1) is 25.6. The maximum absolute atomic E-state index is 12.9. The lowest BCUT2D eigenvalue weighted by molar-refractivity contribution is -0.130. The van der Waals surface area contributed by atoms with Crippen LogP contribution >= 0.6 is 24.0 Å². The van der Waals surface area contributed by atoms with Gasteiger partial charge in [0.1, 0.15) is 0 Å². The van der Waals surface area contributed by atoms with Crippen LogP contribution in [0.25, 0.3) is 0 Å². The van der Waals surface area contributed by atoms with E-state index in [4.69, 9.17) is 12.2 Å². The zero-order valence-electron chi connectivity index (χ0n) is 21.5. The number of amides is 3. The SMILES string of the molecule is Cc1cc(C)cc(NC(=S)N2CCC3(CCN(C(=O)CCCC[C@@H]4SC[C@@H]5NC(=O)N[C@@H]54)C3)CC2)c1. The lowest BCUT2D eigenvalue weighted by Gasteiger charge is -2.40. The molecular formula is C27H39N5O2S2. The van der Waals surface area contributed by atoms with E-state index in [9.17, 15) is 9.59 Å². The van der Waals surface area contributed by atoms with Crippen molar-refractivity contribution in [3.05, 3.63) is 29.3 Å². The molecule has 36 heavy (non-hydrogen) atoms. The van der Waals surface area contributed by atoms with Gasteiger partial charge >= 0.3 is 6.03 Å². The van der Waals surface area contributed by atoms with Crippen molar-refractivity contribution in [2.75, 3.05) is 37.2 Å². The number of carbonyl (C=O) groups excluding carboxylic acids is 2. The van der Waals surface area contributed by atoms with Gasteiger partial charge in [0.05, 0.1) is 12.1 Å². The Bertz CT molecular complexity index is 990. The lowest BCUT2D eigenvalue weighted by atomic mass is 9.78. The summed E-state index contributed by atoms with van der Waals surface area (Å²) in [6.45, 7) is 7.91. The van der Waals surface area contributed by atoms with Gasteiger partial charge in [0, 0.05) is 49.3 Å². The highest BCUT2D eigenvalue weighted by Gasteiger charge is 2.43. The third-order valence-electron chi connectivity index (χ3n) is 8.44. The van der Waals surface area contributed by atoms with E-state index in [0.29, 0.717) is 17.6 Å². The number of thiocarbonyl (C=S) groups is 1. The number of rotatable bonds is 6.